The molecule has 0 spiro atoms. The second-order valence-corrected chi connectivity index (χ2v) is 4.24. The summed E-state index contributed by atoms with van der Waals surface area (Å²) < 4.78 is 1.01. The van der Waals surface area contributed by atoms with Gasteiger partial charge in [-0.2, -0.15) is 5.10 Å². The highest BCUT2D eigenvalue weighted by Crippen LogP contribution is 2.29. The molecular formula is C10H7BrClN3. The monoisotopic (exact) mass is 283 g/mol. The topological polar surface area (TPSA) is 51.8 Å². The minimum atomic E-state index is 0.232. The fraction of sp³-hybridized carbons (Fsp3) is 0. The maximum atomic E-state index is 5.81. The van der Waals surface area contributed by atoms with E-state index in [2.05, 4.69) is 26.1 Å². The van der Waals surface area contributed by atoms with Gasteiger partial charge in [0.15, 0.2) is 5.15 Å². The van der Waals surface area contributed by atoms with E-state index in [1.807, 2.05) is 24.3 Å². The summed E-state index contributed by atoms with van der Waals surface area (Å²) in [5.74, 6) is 0. The highest BCUT2D eigenvalue weighted by atomic mass is 79.9. The van der Waals surface area contributed by atoms with E-state index in [1.165, 1.54) is 0 Å². The second kappa shape index (κ2) is 4.16. The lowest BCUT2D eigenvalue weighted by atomic mass is 10.1. The van der Waals surface area contributed by atoms with E-state index < -0.39 is 0 Å². The quantitative estimate of drug-likeness (QED) is 0.875. The van der Waals surface area contributed by atoms with Crippen LogP contribution in [0, 0.1) is 0 Å². The molecule has 0 saturated carbocycles. The first-order valence-electron chi connectivity index (χ1n) is 4.21. The molecule has 0 unspecified atom stereocenters. The Morgan fingerprint density at radius 2 is 1.87 bits per heavy atom. The van der Waals surface area contributed by atoms with Crippen molar-refractivity contribution in [2.24, 2.45) is 0 Å². The first kappa shape index (κ1) is 10.4. The normalized spacial score (nSPS) is 10.3. The third-order valence-electron chi connectivity index (χ3n) is 2.00. The van der Waals surface area contributed by atoms with Gasteiger partial charge in [0.2, 0.25) is 0 Å². The molecule has 0 fully saturated rings. The number of hydrogen-bond donors (Lipinski definition) is 1. The summed E-state index contributed by atoms with van der Waals surface area (Å²) in [5.41, 5.74) is 8.02. The number of hydrogen-bond acceptors (Lipinski definition) is 3. The van der Waals surface area contributed by atoms with E-state index in [4.69, 9.17) is 17.3 Å². The van der Waals surface area contributed by atoms with E-state index >= 15 is 0 Å². The first-order chi connectivity index (χ1) is 7.18. The Kier molecular flexibility index (Phi) is 2.88. The zero-order valence-corrected chi connectivity index (χ0v) is 9.96. The van der Waals surface area contributed by atoms with Crippen LogP contribution in [0.2, 0.25) is 5.15 Å². The van der Waals surface area contributed by atoms with Crippen molar-refractivity contribution in [3.8, 4) is 11.1 Å². The lowest BCUT2D eigenvalue weighted by molar-refractivity contribution is 1.04. The molecule has 0 atom stereocenters. The summed E-state index contributed by atoms with van der Waals surface area (Å²) >= 11 is 9.15. The lowest BCUT2D eigenvalue weighted by Crippen LogP contribution is -1.95. The molecule has 0 amide bonds. The van der Waals surface area contributed by atoms with Gasteiger partial charge in [0.1, 0.15) is 0 Å². The molecule has 0 aliphatic rings. The van der Waals surface area contributed by atoms with Crippen molar-refractivity contribution in [2.75, 3.05) is 5.73 Å². The fourth-order valence-electron chi connectivity index (χ4n) is 1.23. The van der Waals surface area contributed by atoms with Crippen LogP contribution in [0.1, 0.15) is 0 Å². The van der Waals surface area contributed by atoms with Crippen LogP contribution >= 0.6 is 27.5 Å². The van der Waals surface area contributed by atoms with Crippen molar-refractivity contribution in [2.45, 2.75) is 0 Å². The molecule has 5 heteroatoms. The zero-order chi connectivity index (χ0) is 10.8. The summed E-state index contributed by atoms with van der Waals surface area (Å²) in [5, 5.41) is 7.67. The Balaban J connectivity index is 2.54. The third-order valence-corrected chi connectivity index (χ3v) is 2.81. The van der Waals surface area contributed by atoms with Gasteiger partial charge in [0.25, 0.3) is 0 Å². The van der Waals surface area contributed by atoms with Gasteiger partial charge in [-0.25, -0.2) is 0 Å². The molecule has 0 radical (unpaired) electrons. The Morgan fingerprint density at radius 1 is 1.20 bits per heavy atom. The largest absolute Gasteiger partial charge is 0.396 e. The number of nitrogens with zero attached hydrogens (tertiary/aromatic N) is 2. The smallest absolute Gasteiger partial charge is 0.175 e. The molecule has 3 nitrogen and oxygen atoms in total. The van der Waals surface area contributed by atoms with Crippen LogP contribution in [0.3, 0.4) is 0 Å². The van der Waals surface area contributed by atoms with Crippen LogP contribution in [0.5, 0.6) is 0 Å². The number of halogens is 2. The molecule has 0 bridgehead atoms. The average Bonchev–Trinajstić information content (AvgIpc) is 2.24. The van der Waals surface area contributed by atoms with Crippen molar-refractivity contribution in [3.05, 3.63) is 40.1 Å². The number of benzene rings is 1. The van der Waals surface area contributed by atoms with Gasteiger partial charge in [0.05, 0.1) is 11.9 Å². The molecule has 1 aromatic heterocycles. The summed E-state index contributed by atoms with van der Waals surface area (Å²) in [7, 11) is 0. The Morgan fingerprint density at radius 3 is 2.53 bits per heavy atom. The summed E-state index contributed by atoms with van der Waals surface area (Å²) in [6.07, 6.45) is 1.60. The van der Waals surface area contributed by atoms with E-state index in [0.29, 0.717) is 5.69 Å². The maximum Gasteiger partial charge on any atom is 0.175 e. The summed E-state index contributed by atoms with van der Waals surface area (Å²) in [6, 6.07) is 7.74. The Labute approximate surface area is 100 Å². The van der Waals surface area contributed by atoms with E-state index in [1.54, 1.807) is 6.20 Å². The van der Waals surface area contributed by atoms with Crippen LogP contribution in [0.4, 0.5) is 5.69 Å². The van der Waals surface area contributed by atoms with E-state index in [9.17, 15) is 0 Å². The van der Waals surface area contributed by atoms with Gasteiger partial charge >= 0.3 is 0 Å². The van der Waals surface area contributed by atoms with E-state index in [0.717, 1.165) is 15.6 Å². The number of rotatable bonds is 1. The van der Waals surface area contributed by atoms with Crippen molar-refractivity contribution < 1.29 is 0 Å². The van der Waals surface area contributed by atoms with Gasteiger partial charge < -0.3 is 5.73 Å². The molecule has 0 saturated heterocycles. The highest BCUT2D eigenvalue weighted by Gasteiger charge is 2.07. The highest BCUT2D eigenvalue weighted by molar-refractivity contribution is 9.10. The minimum Gasteiger partial charge on any atom is -0.396 e. The van der Waals surface area contributed by atoms with Gasteiger partial charge in [-0.15, -0.1) is 5.10 Å². The van der Waals surface area contributed by atoms with Gasteiger partial charge in [-0.1, -0.05) is 39.7 Å². The SMILES string of the molecule is Nc1c(-c2ccc(Br)cc2)cnnc1Cl. The predicted octanol–water partition coefficient (Wildman–Crippen LogP) is 3.14. The molecule has 76 valence electrons. The molecule has 1 aromatic carbocycles. The minimum absolute atomic E-state index is 0.232. The number of nitrogens with two attached hydrogens (primary N) is 1. The fourth-order valence-corrected chi connectivity index (χ4v) is 1.64. The van der Waals surface area contributed by atoms with Crippen molar-refractivity contribution >= 4 is 33.2 Å². The van der Waals surface area contributed by atoms with Gasteiger partial charge in [0, 0.05) is 10.0 Å². The van der Waals surface area contributed by atoms with Crippen molar-refractivity contribution in [1.29, 1.82) is 0 Å². The molecule has 2 N–H and O–H groups in total. The average molecular weight is 285 g/mol. The van der Waals surface area contributed by atoms with Crippen molar-refractivity contribution in [1.82, 2.24) is 10.2 Å². The van der Waals surface area contributed by atoms with Gasteiger partial charge in [-0.3, -0.25) is 0 Å². The van der Waals surface area contributed by atoms with Crippen LogP contribution in [0.15, 0.2) is 34.9 Å². The first-order valence-corrected chi connectivity index (χ1v) is 5.38. The predicted molar refractivity (Wildman–Crippen MR) is 64.6 cm³/mol. The second-order valence-electron chi connectivity index (χ2n) is 2.97. The zero-order valence-electron chi connectivity index (χ0n) is 7.61. The molecule has 2 aromatic rings. The maximum absolute atomic E-state index is 5.81. The van der Waals surface area contributed by atoms with Crippen LogP contribution < -0.4 is 5.73 Å². The van der Waals surface area contributed by atoms with Crippen LogP contribution in [-0.2, 0) is 0 Å². The molecular weight excluding hydrogens is 277 g/mol. The molecule has 1 heterocycles. The number of nitrogen functional groups attached to an aromatic ring is 1. The number of aromatic nitrogens is 2. The van der Waals surface area contributed by atoms with Crippen LogP contribution in [-0.4, -0.2) is 10.2 Å². The molecule has 15 heavy (non-hydrogen) atoms. The Bertz CT molecular complexity index is 485. The molecule has 2 rings (SSSR count). The molecule has 0 aliphatic carbocycles. The summed E-state index contributed by atoms with van der Waals surface area (Å²) in [4.78, 5) is 0. The standard InChI is InChI=1S/C10H7BrClN3/c11-7-3-1-6(2-4-7)8-5-14-15-10(12)9(8)13/h1-5H,(H2,13,14). The van der Waals surface area contributed by atoms with Gasteiger partial charge in [-0.05, 0) is 17.7 Å². The van der Waals surface area contributed by atoms with Crippen molar-refractivity contribution in [3.63, 3.8) is 0 Å². The Hall–Kier alpha value is -1.13. The van der Waals surface area contributed by atoms with Crippen LogP contribution in [0.25, 0.3) is 11.1 Å². The number of anilines is 1. The lowest BCUT2D eigenvalue weighted by Gasteiger charge is -2.05. The molecule has 0 aliphatic heterocycles. The third kappa shape index (κ3) is 2.11. The van der Waals surface area contributed by atoms with E-state index in [-0.39, 0.29) is 5.15 Å². The summed E-state index contributed by atoms with van der Waals surface area (Å²) in [6.45, 7) is 0.